The van der Waals surface area contributed by atoms with E-state index in [1.165, 1.54) is 12.2 Å². The number of hydrogen-bond acceptors (Lipinski definition) is 4. The third kappa shape index (κ3) is 7.84. The van der Waals surface area contributed by atoms with Crippen molar-refractivity contribution in [3.8, 4) is 0 Å². The van der Waals surface area contributed by atoms with Crippen molar-refractivity contribution in [3.05, 3.63) is 29.6 Å². The third-order valence-corrected chi connectivity index (χ3v) is 4.21. The minimum Gasteiger partial charge on any atom is -0.306 e. The van der Waals surface area contributed by atoms with E-state index < -0.39 is 0 Å². The predicted molar refractivity (Wildman–Crippen MR) is 94.8 cm³/mol. The molecule has 0 saturated heterocycles. The van der Waals surface area contributed by atoms with Gasteiger partial charge in [-0.05, 0) is 65.3 Å². The molecule has 0 bridgehead atoms. The lowest BCUT2D eigenvalue weighted by molar-refractivity contribution is 0.242. The first-order valence-electron chi connectivity index (χ1n) is 7.71. The van der Waals surface area contributed by atoms with E-state index in [0.29, 0.717) is 6.04 Å². The second-order valence-corrected chi connectivity index (χ2v) is 7.76. The number of thioether (sulfide) groups is 1. The van der Waals surface area contributed by atoms with Crippen LogP contribution >= 0.6 is 11.8 Å². The first-order valence-corrected chi connectivity index (χ1v) is 9.10. The first-order chi connectivity index (χ1) is 9.81. The summed E-state index contributed by atoms with van der Waals surface area (Å²) < 4.78 is 0. The van der Waals surface area contributed by atoms with E-state index >= 15 is 0 Å². The zero-order chi connectivity index (χ0) is 15.9. The Labute approximate surface area is 134 Å². The Morgan fingerprint density at radius 3 is 2.57 bits per heavy atom. The standard InChI is InChI=1S/C17H31N3S/c1-14(10-11-21-6)20(5)13-16-9-7-8-15(19-16)12-18-17(2,3)4/h7-9,14,18H,10-13H2,1-6H3. The smallest absolute Gasteiger partial charge is 0.0547 e. The lowest BCUT2D eigenvalue weighted by Crippen LogP contribution is -2.35. The number of aromatic nitrogens is 1. The van der Waals surface area contributed by atoms with Crippen molar-refractivity contribution in [1.82, 2.24) is 15.2 Å². The molecular formula is C17H31N3S. The third-order valence-electron chi connectivity index (χ3n) is 3.57. The molecule has 0 spiro atoms. The maximum atomic E-state index is 4.77. The number of nitrogens with one attached hydrogen (secondary N) is 1. The molecule has 3 nitrogen and oxygen atoms in total. The molecule has 0 saturated carbocycles. The fourth-order valence-electron chi connectivity index (χ4n) is 1.99. The minimum absolute atomic E-state index is 0.126. The van der Waals surface area contributed by atoms with Crippen LogP contribution in [0, 0.1) is 0 Å². The highest BCUT2D eigenvalue weighted by Gasteiger charge is 2.11. The van der Waals surface area contributed by atoms with Crippen LogP contribution in [0.15, 0.2) is 18.2 Å². The van der Waals surface area contributed by atoms with Crippen LogP contribution < -0.4 is 5.32 Å². The van der Waals surface area contributed by atoms with Gasteiger partial charge in [-0.3, -0.25) is 9.88 Å². The van der Waals surface area contributed by atoms with Gasteiger partial charge >= 0.3 is 0 Å². The van der Waals surface area contributed by atoms with Crippen LogP contribution in [0.1, 0.15) is 45.5 Å². The summed E-state index contributed by atoms with van der Waals surface area (Å²) >= 11 is 1.91. The SMILES string of the molecule is CSCCC(C)N(C)Cc1cccc(CNC(C)(C)C)n1. The number of pyridine rings is 1. The van der Waals surface area contributed by atoms with Crippen molar-refractivity contribution in [3.63, 3.8) is 0 Å². The molecule has 0 amide bonds. The van der Waals surface area contributed by atoms with Crippen LogP contribution in [0.4, 0.5) is 0 Å². The van der Waals surface area contributed by atoms with Gasteiger partial charge in [0.25, 0.3) is 0 Å². The van der Waals surface area contributed by atoms with E-state index in [4.69, 9.17) is 4.98 Å². The molecule has 0 aliphatic rings. The quantitative estimate of drug-likeness (QED) is 0.795. The molecule has 0 aromatic carbocycles. The fourth-order valence-corrected chi connectivity index (χ4v) is 2.57. The Balaban J connectivity index is 2.55. The highest BCUT2D eigenvalue weighted by Crippen LogP contribution is 2.10. The zero-order valence-corrected chi connectivity index (χ0v) is 15.3. The van der Waals surface area contributed by atoms with Crippen LogP contribution in [0.3, 0.4) is 0 Å². The largest absolute Gasteiger partial charge is 0.306 e. The molecule has 4 heteroatoms. The lowest BCUT2D eigenvalue weighted by atomic mass is 10.1. The second-order valence-electron chi connectivity index (χ2n) is 6.77. The summed E-state index contributed by atoms with van der Waals surface area (Å²) in [4.78, 5) is 7.16. The molecule has 1 aromatic rings. The number of hydrogen-bond donors (Lipinski definition) is 1. The Morgan fingerprint density at radius 1 is 1.29 bits per heavy atom. The highest BCUT2D eigenvalue weighted by molar-refractivity contribution is 7.98. The molecule has 1 N–H and O–H groups in total. The van der Waals surface area contributed by atoms with Gasteiger partial charge in [-0.25, -0.2) is 0 Å². The normalized spacial score (nSPS) is 13.7. The minimum atomic E-state index is 0.126. The summed E-state index contributed by atoms with van der Waals surface area (Å²) in [7, 11) is 2.19. The molecule has 21 heavy (non-hydrogen) atoms. The summed E-state index contributed by atoms with van der Waals surface area (Å²) in [5, 5.41) is 3.49. The number of rotatable bonds is 8. The highest BCUT2D eigenvalue weighted by atomic mass is 32.2. The van der Waals surface area contributed by atoms with E-state index in [1.807, 2.05) is 11.8 Å². The summed E-state index contributed by atoms with van der Waals surface area (Å²) in [5.41, 5.74) is 2.40. The molecule has 1 aromatic heterocycles. The van der Waals surface area contributed by atoms with Crippen molar-refractivity contribution in [2.24, 2.45) is 0 Å². The van der Waals surface area contributed by atoms with E-state index in [0.717, 1.165) is 24.5 Å². The Hall–Kier alpha value is -0.580. The van der Waals surface area contributed by atoms with Crippen LogP contribution in [0.2, 0.25) is 0 Å². The molecule has 0 aliphatic heterocycles. The Morgan fingerprint density at radius 2 is 1.95 bits per heavy atom. The second kappa shape index (κ2) is 8.76. The predicted octanol–water partition coefficient (Wildman–Crippen LogP) is 3.54. The molecular weight excluding hydrogens is 278 g/mol. The lowest BCUT2D eigenvalue weighted by Gasteiger charge is -2.24. The van der Waals surface area contributed by atoms with Gasteiger partial charge < -0.3 is 5.32 Å². The maximum absolute atomic E-state index is 4.77. The Bertz CT molecular complexity index is 415. The summed E-state index contributed by atoms with van der Waals surface area (Å²) in [6.07, 6.45) is 3.39. The van der Waals surface area contributed by atoms with Crippen LogP contribution in [0.25, 0.3) is 0 Å². The van der Waals surface area contributed by atoms with E-state index in [1.54, 1.807) is 0 Å². The summed E-state index contributed by atoms with van der Waals surface area (Å²) in [6.45, 7) is 10.6. The molecule has 1 unspecified atom stereocenters. The maximum Gasteiger partial charge on any atom is 0.0547 e. The van der Waals surface area contributed by atoms with Gasteiger partial charge in [-0.15, -0.1) is 0 Å². The van der Waals surface area contributed by atoms with Crippen molar-refractivity contribution in [1.29, 1.82) is 0 Å². The summed E-state index contributed by atoms with van der Waals surface area (Å²) in [5.74, 6) is 1.22. The van der Waals surface area contributed by atoms with E-state index in [-0.39, 0.29) is 5.54 Å². The van der Waals surface area contributed by atoms with Gasteiger partial charge in [0.15, 0.2) is 0 Å². The van der Waals surface area contributed by atoms with Gasteiger partial charge in [0.05, 0.1) is 11.4 Å². The average Bonchev–Trinajstić information content (AvgIpc) is 2.42. The van der Waals surface area contributed by atoms with Gasteiger partial charge in [0.1, 0.15) is 0 Å². The monoisotopic (exact) mass is 309 g/mol. The molecule has 1 atom stereocenters. The van der Waals surface area contributed by atoms with Crippen LogP contribution in [-0.2, 0) is 13.1 Å². The van der Waals surface area contributed by atoms with Gasteiger partial charge in [-0.2, -0.15) is 11.8 Å². The first kappa shape index (κ1) is 18.5. The number of nitrogens with zero attached hydrogens (tertiary/aromatic N) is 2. The molecule has 0 aliphatic carbocycles. The fraction of sp³-hybridized carbons (Fsp3) is 0.706. The van der Waals surface area contributed by atoms with E-state index in [2.05, 4.69) is 69.4 Å². The van der Waals surface area contributed by atoms with Gasteiger partial charge in [-0.1, -0.05) is 6.07 Å². The van der Waals surface area contributed by atoms with Crippen molar-refractivity contribution in [2.45, 2.75) is 58.8 Å². The van der Waals surface area contributed by atoms with Crippen molar-refractivity contribution in [2.75, 3.05) is 19.1 Å². The van der Waals surface area contributed by atoms with E-state index in [9.17, 15) is 0 Å². The molecule has 0 radical (unpaired) electrons. The van der Waals surface area contributed by atoms with Crippen LogP contribution in [0.5, 0.6) is 0 Å². The molecule has 120 valence electrons. The van der Waals surface area contributed by atoms with Crippen molar-refractivity contribution < 1.29 is 0 Å². The van der Waals surface area contributed by atoms with Gasteiger partial charge in [0, 0.05) is 24.7 Å². The van der Waals surface area contributed by atoms with Gasteiger partial charge in [0.2, 0.25) is 0 Å². The Kier molecular flexibility index (Phi) is 7.71. The molecule has 1 rings (SSSR count). The van der Waals surface area contributed by atoms with Crippen molar-refractivity contribution >= 4 is 11.8 Å². The average molecular weight is 310 g/mol. The molecule has 1 heterocycles. The molecule has 0 fully saturated rings. The summed E-state index contributed by atoms with van der Waals surface area (Å²) in [6, 6.07) is 6.93. The zero-order valence-electron chi connectivity index (χ0n) is 14.4. The van der Waals surface area contributed by atoms with Crippen LogP contribution in [-0.4, -0.2) is 40.5 Å². The topological polar surface area (TPSA) is 28.2 Å².